The molecule has 4 heteroatoms. The highest BCUT2D eigenvalue weighted by Crippen LogP contribution is 2.30. The average Bonchev–Trinajstić information content (AvgIpc) is 2.38. The van der Waals surface area contributed by atoms with Crippen LogP contribution in [0.4, 0.5) is 17.1 Å². The van der Waals surface area contributed by atoms with E-state index < -0.39 is 0 Å². The lowest BCUT2D eigenvalue weighted by molar-refractivity contribution is -0.116. The van der Waals surface area contributed by atoms with E-state index in [4.69, 9.17) is 5.73 Å². The fourth-order valence-corrected chi connectivity index (χ4v) is 2.50. The summed E-state index contributed by atoms with van der Waals surface area (Å²) in [6.45, 7) is 5.45. The second-order valence-corrected chi connectivity index (χ2v) is 5.96. The number of amides is 1. The van der Waals surface area contributed by atoms with Crippen LogP contribution in [-0.2, 0) is 11.2 Å². The van der Waals surface area contributed by atoms with Crippen molar-refractivity contribution in [3.05, 3.63) is 17.7 Å². The number of nitrogen functional groups attached to an aromatic ring is 1. The summed E-state index contributed by atoms with van der Waals surface area (Å²) in [4.78, 5) is 11.4. The molecule has 4 N–H and O–H groups in total. The molecule has 1 amide bonds. The van der Waals surface area contributed by atoms with Crippen molar-refractivity contribution in [2.45, 2.75) is 46.0 Å². The van der Waals surface area contributed by atoms with Crippen LogP contribution in [0.5, 0.6) is 0 Å². The van der Waals surface area contributed by atoms with Crippen molar-refractivity contribution in [1.82, 2.24) is 0 Å². The van der Waals surface area contributed by atoms with Crippen molar-refractivity contribution in [2.75, 3.05) is 22.9 Å². The number of nitrogens with one attached hydrogen (secondary N) is 2. The largest absolute Gasteiger partial charge is 0.397 e. The molecule has 1 aromatic carbocycles. The Kier molecular flexibility index (Phi) is 4.88. The van der Waals surface area contributed by atoms with E-state index in [-0.39, 0.29) is 5.91 Å². The smallest absolute Gasteiger partial charge is 0.224 e. The molecule has 4 nitrogen and oxygen atoms in total. The van der Waals surface area contributed by atoms with Crippen molar-refractivity contribution in [3.63, 3.8) is 0 Å². The second kappa shape index (κ2) is 6.64. The Morgan fingerprint density at radius 2 is 2.10 bits per heavy atom. The molecular weight excluding hydrogens is 250 g/mol. The highest BCUT2D eigenvalue weighted by Gasteiger charge is 2.16. The van der Waals surface area contributed by atoms with Gasteiger partial charge in [-0.3, -0.25) is 4.79 Å². The first-order valence-electron chi connectivity index (χ1n) is 7.52. The summed E-state index contributed by atoms with van der Waals surface area (Å²) in [6, 6.07) is 3.94. The van der Waals surface area contributed by atoms with Gasteiger partial charge in [0.2, 0.25) is 5.91 Å². The van der Waals surface area contributed by atoms with E-state index >= 15 is 0 Å². The zero-order chi connectivity index (χ0) is 14.5. The predicted molar refractivity (Wildman–Crippen MR) is 85.0 cm³/mol. The monoisotopic (exact) mass is 275 g/mol. The van der Waals surface area contributed by atoms with Crippen molar-refractivity contribution in [1.29, 1.82) is 0 Å². The molecule has 110 valence electrons. The van der Waals surface area contributed by atoms with E-state index in [1.165, 1.54) is 18.4 Å². The predicted octanol–water partition coefficient (Wildman–Crippen LogP) is 3.39. The Hall–Kier alpha value is -1.71. The van der Waals surface area contributed by atoms with Crippen molar-refractivity contribution < 1.29 is 4.79 Å². The van der Waals surface area contributed by atoms with Crippen molar-refractivity contribution >= 4 is 23.0 Å². The number of aryl methyl sites for hydroxylation is 1. The minimum Gasteiger partial charge on any atom is -0.397 e. The van der Waals surface area contributed by atoms with Gasteiger partial charge in [0.05, 0.1) is 11.4 Å². The number of carbonyl (C=O) groups is 1. The maximum atomic E-state index is 11.4. The van der Waals surface area contributed by atoms with Gasteiger partial charge in [0, 0.05) is 18.7 Å². The number of anilines is 3. The van der Waals surface area contributed by atoms with Crippen molar-refractivity contribution in [2.24, 2.45) is 5.92 Å². The van der Waals surface area contributed by atoms with Gasteiger partial charge < -0.3 is 16.4 Å². The van der Waals surface area contributed by atoms with E-state index in [1.54, 1.807) is 0 Å². The molecule has 0 spiro atoms. The molecule has 1 heterocycles. The van der Waals surface area contributed by atoms with E-state index in [1.807, 2.05) is 6.07 Å². The Morgan fingerprint density at radius 1 is 1.30 bits per heavy atom. The fraction of sp³-hybridized carbons (Fsp3) is 0.562. The molecule has 1 aliphatic heterocycles. The summed E-state index contributed by atoms with van der Waals surface area (Å²) in [5.74, 6) is 0.846. The van der Waals surface area contributed by atoms with Crippen LogP contribution in [0.1, 0.15) is 45.1 Å². The minimum absolute atomic E-state index is 0.0753. The zero-order valence-corrected chi connectivity index (χ0v) is 12.5. The lowest BCUT2D eigenvalue weighted by Gasteiger charge is -2.19. The Balaban J connectivity index is 1.90. The van der Waals surface area contributed by atoms with E-state index in [0.717, 1.165) is 36.7 Å². The lowest BCUT2D eigenvalue weighted by Crippen LogP contribution is -2.19. The Bertz CT molecular complexity index is 483. The van der Waals surface area contributed by atoms with Gasteiger partial charge in [-0.2, -0.15) is 0 Å². The number of carbonyl (C=O) groups excluding carboxylic acids is 1. The SMILES string of the molecule is CC(C)CCCCNc1cc2c(cc1N)NC(=O)CC2. The van der Waals surface area contributed by atoms with E-state index in [2.05, 4.69) is 30.5 Å². The van der Waals surface area contributed by atoms with Crippen LogP contribution in [-0.4, -0.2) is 12.5 Å². The number of benzene rings is 1. The number of fused-ring (bicyclic) bond motifs is 1. The van der Waals surface area contributed by atoms with Gasteiger partial charge >= 0.3 is 0 Å². The van der Waals surface area contributed by atoms with Gasteiger partial charge in [-0.1, -0.05) is 26.7 Å². The fourth-order valence-electron chi connectivity index (χ4n) is 2.50. The number of hydrogen-bond donors (Lipinski definition) is 3. The average molecular weight is 275 g/mol. The first-order chi connectivity index (χ1) is 9.56. The first-order valence-corrected chi connectivity index (χ1v) is 7.52. The zero-order valence-electron chi connectivity index (χ0n) is 12.5. The minimum atomic E-state index is 0.0753. The third-order valence-electron chi connectivity index (χ3n) is 3.69. The summed E-state index contributed by atoms with van der Waals surface area (Å²) >= 11 is 0. The summed E-state index contributed by atoms with van der Waals surface area (Å²) in [5, 5.41) is 6.28. The van der Waals surface area contributed by atoms with Crippen LogP contribution in [0.15, 0.2) is 12.1 Å². The van der Waals surface area contributed by atoms with Crippen LogP contribution in [0.2, 0.25) is 0 Å². The molecule has 0 bridgehead atoms. The van der Waals surface area contributed by atoms with Gasteiger partial charge in [0.1, 0.15) is 0 Å². The molecule has 0 aromatic heterocycles. The first kappa shape index (κ1) is 14.7. The molecule has 0 unspecified atom stereocenters. The topological polar surface area (TPSA) is 67.2 Å². The summed E-state index contributed by atoms with van der Waals surface area (Å²) in [6.07, 6.45) is 5.03. The third-order valence-corrected chi connectivity index (χ3v) is 3.69. The molecule has 0 fully saturated rings. The molecule has 1 aromatic rings. The Morgan fingerprint density at radius 3 is 2.85 bits per heavy atom. The van der Waals surface area contributed by atoms with Gasteiger partial charge in [-0.15, -0.1) is 0 Å². The van der Waals surface area contributed by atoms with E-state index in [9.17, 15) is 4.79 Å². The summed E-state index contributed by atoms with van der Waals surface area (Å²) < 4.78 is 0. The quantitative estimate of drug-likeness (QED) is 0.550. The normalized spacial score (nSPS) is 14.1. The van der Waals surface area contributed by atoms with Crippen LogP contribution in [0.3, 0.4) is 0 Å². The molecule has 0 saturated heterocycles. The van der Waals surface area contributed by atoms with E-state index in [0.29, 0.717) is 12.1 Å². The molecule has 0 radical (unpaired) electrons. The maximum Gasteiger partial charge on any atom is 0.224 e. The molecule has 0 saturated carbocycles. The van der Waals surface area contributed by atoms with Gasteiger partial charge in [-0.05, 0) is 36.5 Å². The number of hydrogen-bond acceptors (Lipinski definition) is 3. The number of nitrogens with two attached hydrogens (primary N) is 1. The molecule has 20 heavy (non-hydrogen) atoms. The molecule has 0 atom stereocenters. The summed E-state index contributed by atoms with van der Waals surface area (Å²) in [7, 11) is 0. The van der Waals surface area contributed by atoms with Crippen LogP contribution >= 0.6 is 0 Å². The van der Waals surface area contributed by atoms with Gasteiger partial charge in [0.25, 0.3) is 0 Å². The second-order valence-electron chi connectivity index (χ2n) is 5.96. The van der Waals surface area contributed by atoms with Crippen LogP contribution < -0.4 is 16.4 Å². The maximum absolute atomic E-state index is 11.4. The van der Waals surface area contributed by atoms with Gasteiger partial charge in [-0.25, -0.2) is 0 Å². The highest BCUT2D eigenvalue weighted by atomic mass is 16.1. The summed E-state index contributed by atoms with van der Waals surface area (Å²) in [5.41, 5.74) is 9.77. The molecule has 2 rings (SSSR count). The number of rotatable bonds is 6. The molecule has 0 aliphatic carbocycles. The third kappa shape index (κ3) is 3.89. The highest BCUT2D eigenvalue weighted by molar-refractivity contribution is 5.95. The molecule has 1 aliphatic rings. The standard InChI is InChI=1S/C16H25N3O/c1-11(2)5-3-4-8-18-15-9-12-6-7-16(20)19-14(12)10-13(15)17/h9-11,18H,3-8,17H2,1-2H3,(H,19,20). The number of unbranched alkanes of at least 4 members (excludes halogenated alkanes) is 1. The van der Waals surface area contributed by atoms with Gasteiger partial charge in [0.15, 0.2) is 0 Å². The van der Waals surface area contributed by atoms with Crippen LogP contribution in [0, 0.1) is 5.92 Å². The Labute approximate surface area is 121 Å². The lowest BCUT2D eigenvalue weighted by atomic mass is 10.0. The van der Waals surface area contributed by atoms with Crippen LogP contribution in [0.25, 0.3) is 0 Å². The molecular formula is C16H25N3O. The van der Waals surface area contributed by atoms with Crippen molar-refractivity contribution in [3.8, 4) is 0 Å².